The van der Waals surface area contributed by atoms with Crippen LogP contribution >= 0.6 is 0 Å². The van der Waals surface area contributed by atoms with Gasteiger partial charge in [0.05, 0.1) is 6.10 Å². The number of hydrogen-bond acceptors (Lipinski definition) is 8. The van der Waals surface area contributed by atoms with E-state index in [4.69, 9.17) is 23.7 Å². The molecule has 0 bridgehead atoms. The Hall–Kier alpha value is -2.19. The maximum absolute atomic E-state index is 11.4. The molecule has 0 saturated heterocycles. The van der Waals surface area contributed by atoms with Gasteiger partial charge in [0.1, 0.15) is 25.1 Å². The summed E-state index contributed by atoms with van der Waals surface area (Å²) in [5.74, 6) is -1.36. The minimum absolute atomic E-state index is 0.0219. The van der Waals surface area contributed by atoms with Gasteiger partial charge in [0, 0.05) is 39.9 Å². The van der Waals surface area contributed by atoms with Crippen molar-refractivity contribution >= 4 is 17.9 Å². The molecule has 0 aromatic carbocycles. The second-order valence-electron chi connectivity index (χ2n) is 5.81. The van der Waals surface area contributed by atoms with E-state index >= 15 is 0 Å². The molecule has 1 rings (SSSR count). The molecule has 0 fully saturated rings. The number of methoxy groups -OCH3 is 1. The number of carbonyl (C=O) groups is 3. The average Bonchev–Trinajstić information content (AvgIpc) is 2.55. The summed E-state index contributed by atoms with van der Waals surface area (Å²) in [7, 11) is 1.49. The number of carbonyl (C=O) groups excluding carboxylic acids is 3. The molecule has 0 unspecified atom stereocenters. The smallest absolute Gasteiger partial charge is 0.331 e. The Bertz CT molecular complexity index is 539. The average molecular weight is 370 g/mol. The Kier molecular flexibility index (Phi) is 9.61. The largest absolute Gasteiger partial charge is 0.459 e. The van der Waals surface area contributed by atoms with E-state index in [0.717, 1.165) is 0 Å². The van der Waals surface area contributed by atoms with Gasteiger partial charge in [-0.05, 0) is 13.0 Å². The lowest BCUT2D eigenvalue weighted by atomic mass is 10.1. The molecule has 0 N–H and O–H groups in total. The first-order chi connectivity index (χ1) is 12.3. The number of ether oxygens (including phenoxy) is 5. The third kappa shape index (κ3) is 8.77. The van der Waals surface area contributed by atoms with Crippen LogP contribution in [0.15, 0.2) is 24.3 Å². The van der Waals surface area contributed by atoms with Crippen LogP contribution in [0.1, 0.15) is 33.6 Å². The number of esters is 3. The molecule has 0 aromatic heterocycles. The molecule has 0 spiro atoms. The lowest BCUT2D eigenvalue weighted by molar-refractivity contribution is -0.167. The topological polar surface area (TPSA) is 97.4 Å². The molecule has 4 atom stereocenters. The highest BCUT2D eigenvalue weighted by atomic mass is 16.7. The van der Waals surface area contributed by atoms with Gasteiger partial charge in [0.15, 0.2) is 0 Å². The van der Waals surface area contributed by atoms with Gasteiger partial charge in [-0.2, -0.15) is 0 Å². The van der Waals surface area contributed by atoms with Crippen molar-refractivity contribution in [2.24, 2.45) is 0 Å². The van der Waals surface area contributed by atoms with Crippen LogP contribution in [0.4, 0.5) is 0 Å². The lowest BCUT2D eigenvalue weighted by Gasteiger charge is -2.26. The second kappa shape index (κ2) is 11.4. The third-order valence-corrected chi connectivity index (χ3v) is 3.49. The summed E-state index contributed by atoms with van der Waals surface area (Å²) in [6.07, 6.45) is 5.11. The van der Waals surface area contributed by atoms with E-state index in [1.165, 1.54) is 27.0 Å². The highest BCUT2D eigenvalue weighted by Crippen LogP contribution is 2.17. The maximum atomic E-state index is 11.4. The zero-order valence-corrected chi connectivity index (χ0v) is 15.5. The monoisotopic (exact) mass is 370 g/mol. The molecule has 0 aromatic rings. The molecule has 1 aliphatic heterocycles. The van der Waals surface area contributed by atoms with Crippen LogP contribution < -0.4 is 0 Å². The van der Waals surface area contributed by atoms with Crippen molar-refractivity contribution in [3.8, 4) is 0 Å². The van der Waals surface area contributed by atoms with Crippen LogP contribution in [0.3, 0.4) is 0 Å². The fourth-order valence-corrected chi connectivity index (χ4v) is 2.37. The van der Waals surface area contributed by atoms with Crippen LogP contribution in [-0.4, -0.2) is 56.2 Å². The molecule has 0 radical (unpaired) electrons. The molecule has 0 amide bonds. The standard InChI is InChI=1S/C18H26O8/c1-12(24-13(2)19)17(25-14(3)20)10-16(23-11-22-4)9-8-15-6-5-7-18(21)26-15/h5,7-9,12,15-17H,6,10-11H2,1-4H3/b9-8-/t12-,15+,16+,17-/m0/s1. The summed E-state index contributed by atoms with van der Waals surface area (Å²) in [4.78, 5) is 33.8. The molecule has 8 nitrogen and oxygen atoms in total. The predicted molar refractivity (Wildman–Crippen MR) is 90.9 cm³/mol. The van der Waals surface area contributed by atoms with Gasteiger partial charge < -0.3 is 23.7 Å². The van der Waals surface area contributed by atoms with E-state index in [0.29, 0.717) is 6.42 Å². The number of hydrogen-bond donors (Lipinski definition) is 0. The van der Waals surface area contributed by atoms with Gasteiger partial charge in [-0.3, -0.25) is 9.59 Å². The first-order valence-corrected chi connectivity index (χ1v) is 8.32. The van der Waals surface area contributed by atoms with Gasteiger partial charge in [-0.15, -0.1) is 0 Å². The zero-order chi connectivity index (χ0) is 19.5. The van der Waals surface area contributed by atoms with Crippen molar-refractivity contribution in [3.63, 3.8) is 0 Å². The van der Waals surface area contributed by atoms with Crippen molar-refractivity contribution in [3.05, 3.63) is 24.3 Å². The van der Waals surface area contributed by atoms with E-state index in [1.54, 1.807) is 25.2 Å². The van der Waals surface area contributed by atoms with Crippen molar-refractivity contribution in [1.82, 2.24) is 0 Å². The van der Waals surface area contributed by atoms with E-state index in [1.807, 2.05) is 0 Å². The zero-order valence-electron chi connectivity index (χ0n) is 15.5. The third-order valence-electron chi connectivity index (χ3n) is 3.49. The molecule has 8 heteroatoms. The second-order valence-corrected chi connectivity index (χ2v) is 5.81. The minimum Gasteiger partial charge on any atom is -0.459 e. The molecule has 0 saturated carbocycles. The first kappa shape index (κ1) is 21.9. The normalized spacial score (nSPS) is 20.3. The predicted octanol–water partition coefficient (Wildman–Crippen LogP) is 1.68. The van der Waals surface area contributed by atoms with Crippen LogP contribution in [-0.2, 0) is 38.1 Å². The summed E-state index contributed by atoms with van der Waals surface area (Å²) in [5, 5.41) is 0. The highest BCUT2D eigenvalue weighted by molar-refractivity contribution is 5.82. The van der Waals surface area contributed by atoms with E-state index in [-0.39, 0.29) is 19.3 Å². The van der Waals surface area contributed by atoms with Crippen LogP contribution in [0.25, 0.3) is 0 Å². The van der Waals surface area contributed by atoms with Gasteiger partial charge >= 0.3 is 17.9 Å². The summed E-state index contributed by atoms with van der Waals surface area (Å²) in [5.41, 5.74) is 0. The van der Waals surface area contributed by atoms with Crippen molar-refractivity contribution in [2.75, 3.05) is 13.9 Å². The van der Waals surface area contributed by atoms with E-state index in [9.17, 15) is 14.4 Å². The van der Waals surface area contributed by atoms with E-state index < -0.39 is 36.2 Å². The fourth-order valence-electron chi connectivity index (χ4n) is 2.37. The summed E-state index contributed by atoms with van der Waals surface area (Å²) >= 11 is 0. The van der Waals surface area contributed by atoms with Gasteiger partial charge in [0.25, 0.3) is 0 Å². The molecular weight excluding hydrogens is 344 g/mol. The van der Waals surface area contributed by atoms with Crippen LogP contribution in [0.2, 0.25) is 0 Å². The van der Waals surface area contributed by atoms with Gasteiger partial charge in [0.2, 0.25) is 0 Å². The van der Waals surface area contributed by atoms with Crippen molar-refractivity contribution < 1.29 is 38.1 Å². The van der Waals surface area contributed by atoms with Crippen LogP contribution in [0.5, 0.6) is 0 Å². The molecular formula is C18H26O8. The minimum atomic E-state index is -0.697. The summed E-state index contributed by atoms with van der Waals surface area (Å²) in [6, 6.07) is 0. The SMILES string of the molecule is COCO[C@H](/C=C\[C@H]1CC=CC(=O)O1)C[C@H](OC(C)=O)[C@H](C)OC(C)=O. The molecule has 0 aliphatic carbocycles. The molecule has 1 heterocycles. The van der Waals surface area contributed by atoms with Crippen molar-refractivity contribution in [2.45, 2.75) is 58.0 Å². The van der Waals surface area contributed by atoms with Crippen molar-refractivity contribution in [1.29, 1.82) is 0 Å². The first-order valence-electron chi connectivity index (χ1n) is 8.32. The van der Waals surface area contributed by atoms with Gasteiger partial charge in [-0.1, -0.05) is 12.2 Å². The Labute approximate surface area is 153 Å². The maximum Gasteiger partial charge on any atom is 0.331 e. The van der Waals surface area contributed by atoms with Crippen LogP contribution in [0, 0.1) is 0 Å². The highest BCUT2D eigenvalue weighted by Gasteiger charge is 2.26. The number of rotatable bonds is 10. The quantitative estimate of drug-likeness (QED) is 0.248. The Morgan fingerprint density at radius 3 is 2.58 bits per heavy atom. The summed E-state index contributed by atoms with van der Waals surface area (Å²) in [6.45, 7) is 4.22. The lowest BCUT2D eigenvalue weighted by Crippen LogP contribution is -2.35. The summed E-state index contributed by atoms with van der Waals surface area (Å²) < 4.78 is 26.0. The molecule has 146 valence electrons. The number of cyclic esters (lactones) is 1. The molecule has 1 aliphatic rings. The molecule has 26 heavy (non-hydrogen) atoms. The fraction of sp³-hybridized carbons (Fsp3) is 0.611. The Morgan fingerprint density at radius 2 is 2.00 bits per heavy atom. The Balaban J connectivity index is 2.79. The van der Waals surface area contributed by atoms with E-state index in [2.05, 4.69) is 0 Å². The Morgan fingerprint density at radius 1 is 1.31 bits per heavy atom. The van der Waals surface area contributed by atoms with Gasteiger partial charge in [-0.25, -0.2) is 4.79 Å².